The van der Waals surface area contributed by atoms with E-state index in [9.17, 15) is 18.0 Å². The van der Waals surface area contributed by atoms with Crippen LogP contribution in [0.15, 0.2) is 43.0 Å². The minimum atomic E-state index is -5.08. The highest BCUT2D eigenvalue weighted by Crippen LogP contribution is 2.36. The van der Waals surface area contributed by atoms with Gasteiger partial charge in [0.1, 0.15) is 6.10 Å². The number of rotatable bonds is 2. The monoisotopic (exact) mass is 412 g/mol. The molecule has 11 heteroatoms. The Morgan fingerprint density at radius 2 is 1.86 bits per heavy atom. The number of likely N-dealkylation sites (tertiary alicyclic amines) is 1. The Morgan fingerprint density at radius 1 is 1.17 bits per heavy atom. The number of carbonyl (C=O) groups is 2. The van der Waals surface area contributed by atoms with E-state index in [0.29, 0.717) is 12.1 Å². The molecule has 0 spiro atoms. The van der Waals surface area contributed by atoms with Crippen molar-refractivity contribution < 1.29 is 32.6 Å². The number of alkyl halides is 3. The standard InChI is InChI=1S/C16H18N4O2.C2HF3O2/c21-16(12-4-7-17-8-5-12)19-11-14(20-9-2-6-18-20)15-13(19)3-1-10-22-15;3-2(4,5)1(6)7/h2,4-9,13-15H,1,3,10-11H2;(H,6,7)/t13-,14-,15+;/m1./s1. The van der Waals surface area contributed by atoms with Crippen LogP contribution in [0.3, 0.4) is 0 Å². The number of halogens is 3. The van der Waals surface area contributed by atoms with Gasteiger partial charge in [0.2, 0.25) is 0 Å². The molecule has 2 fully saturated rings. The molecule has 2 aromatic rings. The van der Waals surface area contributed by atoms with Gasteiger partial charge in [-0.05, 0) is 31.0 Å². The molecule has 2 aliphatic rings. The third-order valence-corrected chi connectivity index (χ3v) is 4.79. The molecule has 8 nitrogen and oxygen atoms in total. The molecule has 3 atom stereocenters. The van der Waals surface area contributed by atoms with Gasteiger partial charge in [0.05, 0.1) is 12.1 Å². The second-order valence-electron chi connectivity index (χ2n) is 6.59. The molecule has 156 valence electrons. The number of carboxylic acids is 1. The number of carbonyl (C=O) groups excluding carboxylic acids is 1. The van der Waals surface area contributed by atoms with Crippen LogP contribution in [0, 0.1) is 0 Å². The summed E-state index contributed by atoms with van der Waals surface area (Å²) in [5.74, 6) is -2.70. The van der Waals surface area contributed by atoms with Gasteiger partial charge in [0.25, 0.3) is 5.91 Å². The first-order valence-corrected chi connectivity index (χ1v) is 8.91. The van der Waals surface area contributed by atoms with E-state index >= 15 is 0 Å². The fourth-order valence-corrected chi connectivity index (χ4v) is 3.53. The van der Waals surface area contributed by atoms with E-state index in [1.807, 2.05) is 21.8 Å². The number of aliphatic carboxylic acids is 1. The van der Waals surface area contributed by atoms with Crippen LogP contribution in [0.4, 0.5) is 13.2 Å². The van der Waals surface area contributed by atoms with Crippen LogP contribution in [-0.2, 0) is 9.53 Å². The third-order valence-electron chi connectivity index (χ3n) is 4.79. The molecule has 2 saturated heterocycles. The molecule has 0 radical (unpaired) electrons. The van der Waals surface area contributed by atoms with Crippen molar-refractivity contribution in [2.45, 2.75) is 37.2 Å². The topological polar surface area (TPSA) is 97.5 Å². The molecule has 2 aromatic heterocycles. The maximum absolute atomic E-state index is 12.8. The predicted octanol–water partition coefficient (Wildman–Crippen LogP) is 2.16. The minimum Gasteiger partial charge on any atom is -0.475 e. The van der Waals surface area contributed by atoms with Gasteiger partial charge >= 0.3 is 12.1 Å². The normalized spacial score (nSPS) is 23.7. The van der Waals surface area contributed by atoms with Gasteiger partial charge in [0.15, 0.2) is 0 Å². The van der Waals surface area contributed by atoms with Gasteiger partial charge in [-0.15, -0.1) is 0 Å². The number of fused-ring (bicyclic) bond motifs is 1. The predicted molar refractivity (Wildman–Crippen MR) is 93.0 cm³/mol. The first-order valence-electron chi connectivity index (χ1n) is 8.91. The molecule has 0 saturated carbocycles. The van der Waals surface area contributed by atoms with Gasteiger partial charge in [-0.1, -0.05) is 0 Å². The number of ether oxygens (including phenoxy) is 1. The average molecular weight is 412 g/mol. The summed E-state index contributed by atoms with van der Waals surface area (Å²) < 4.78 is 39.6. The lowest BCUT2D eigenvalue weighted by molar-refractivity contribution is -0.192. The lowest BCUT2D eigenvalue weighted by Gasteiger charge is -2.32. The van der Waals surface area contributed by atoms with E-state index in [4.69, 9.17) is 14.6 Å². The number of aromatic nitrogens is 3. The zero-order valence-electron chi connectivity index (χ0n) is 15.2. The third kappa shape index (κ3) is 4.73. The molecular weight excluding hydrogens is 393 g/mol. The summed E-state index contributed by atoms with van der Waals surface area (Å²) in [7, 11) is 0. The van der Waals surface area contributed by atoms with E-state index in [1.165, 1.54) is 0 Å². The van der Waals surface area contributed by atoms with Crippen molar-refractivity contribution in [1.82, 2.24) is 19.7 Å². The van der Waals surface area contributed by atoms with Crippen molar-refractivity contribution in [3.05, 3.63) is 48.5 Å². The maximum atomic E-state index is 12.8. The van der Waals surface area contributed by atoms with Crippen molar-refractivity contribution in [1.29, 1.82) is 0 Å². The van der Waals surface area contributed by atoms with Crippen LogP contribution in [-0.4, -0.2) is 68.1 Å². The first-order chi connectivity index (χ1) is 13.8. The molecule has 1 N–H and O–H groups in total. The molecule has 4 rings (SSSR count). The highest BCUT2D eigenvalue weighted by atomic mass is 19.4. The molecule has 0 aromatic carbocycles. The number of pyridine rings is 1. The molecule has 2 aliphatic heterocycles. The van der Waals surface area contributed by atoms with E-state index in [0.717, 1.165) is 19.4 Å². The number of nitrogens with zero attached hydrogens (tertiary/aromatic N) is 4. The number of hydrogen-bond donors (Lipinski definition) is 1. The summed E-state index contributed by atoms with van der Waals surface area (Å²) in [5.41, 5.74) is 0.681. The Morgan fingerprint density at radius 3 is 2.45 bits per heavy atom. The zero-order valence-corrected chi connectivity index (χ0v) is 15.2. The fourth-order valence-electron chi connectivity index (χ4n) is 3.53. The number of hydrogen-bond acceptors (Lipinski definition) is 5. The van der Waals surface area contributed by atoms with Crippen molar-refractivity contribution in [3.8, 4) is 0 Å². The Bertz CT molecular complexity index is 829. The summed E-state index contributed by atoms with van der Waals surface area (Å²) in [6.07, 6.45) is 3.95. The SMILES string of the molecule is O=C(O)C(F)(F)F.O=C(c1ccncc1)N1C[C@@H](n2cccn2)[C@H]2OCCC[C@H]21. The number of amides is 1. The summed E-state index contributed by atoms with van der Waals surface area (Å²) >= 11 is 0. The second kappa shape index (κ2) is 8.60. The molecule has 1 amide bonds. The highest BCUT2D eigenvalue weighted by Gasteiger charge is 2.47. The smallest absolute Gasteiger partial charge is 0.475 e. The van der Waals surface area contributed by atoms with Gasteiger partial charge in [-0.2, -0.15) is 18.3 Å². The fraction of sp³-hybridized carbons (Fsp3) is 0.444. The Hall–Kier alpha value is -2.95. The van der Waals surface area contributed by atoms with Gasteiger partial charge < -0.3 is 14.7 Å². The van der Waals surface area contributed by atoms with Crippen LogP contribution in [0.1, 0.15) is 29.2 Å². The average Bonchev–Trinajstić information content (AvgIpc) is 3.35. The summed E-state index contributed by atoms with van der Waals surface area (Å²) in [6.45, 7) is 1.40. The van der Waals surface area contributed by atoms with Gasteiger partial charge in [-0.3, -0.25) is 14.5 Å². The van der Waals surface area contributed by atoms with Crippen LogP contribution in [0.2, 0.25) is 0 Å². The van der Waals surface area contributed by atoms with E-state index in [2.05, 4.69) is 10.1 Å². The van der Waals surface area contributed by atoms with Crippen molar-refractivity contribution in [3.63, 3.8) is 0 Å². The van der Waals surface area contributed by atoms with Crippen LogP contribution >= 0.6 is 0 Å². The quantitative estimate of drug-likeness (QED) is 0.812. The maximum Gasteiger partial charge on any atom is 0.490 e. The van der Waals surface area contributed by atoms with Crippen LogP contribution in [0.5, 0.6) is 0 Å². The Balaban J connectivity index is 0.000000298. The van der Waals surface area contributed by atoms with Crippen LogP contribution < -0.4 is 0 Å². The van der Waals surface area contributed by atoms with Crippen molar-refractivity contribution in [2.75, 3.05) is 13.2 Å². The van der Waals surface area contributed by atoms with Crippen molar-refractivity contribution in [2.24, 2.45) is 0 Å². The lowest BCUT2D eigenvalue weighted by atomic mass is 10.0. The van der Waals surface area contributed by atoms with Gasteiger partial charge in [0, 0.05) is 43.5 Å². The van der Waals surface area contributed by atoms with E-state index < -0.39 is 12.1 Å². The largest absolute Gasteiger partial charge is 0.490 e. The molecular formula is C18H19F3N4O4. The molecule has 4 heterocycles. The Kier molecular flexibility index (Phi) is 6.16. The van der Waals surface area contributed by atoms with Crippen LogP contribution in [0.25, 0.3) is 0 Å². The second-order valence-corrected chi connectivity index (χ2v) is 6.59. The zero-order chi connectivity index (χ0) is 21.0. The van der Waals surface area contributed by atoms with E-state index in [1.54, 1.807) is 30.7 Å². The van der Waals surface area contributed by atoms with Gasteiger partial charge in [-0.25, -0.2) is 4.79 Å². The summed E-state index contributed by atoms with van der Waals surface area (Å²) in [4.78, 5) is 27.7. The molecule has 0 unspecified atom stereocenters. The molecule has 29 heavy (non-hydrogen) atoms. The lowest BCUT2D eigenvalue weighted by Crippen LogP contribution is -2.43. The Labute approximate surface area is 163 Å². The minimum absolute atomic E-state index is 0.0273. The first kappa shape index (κ1) is 20.8. The summed E-state index contributed by atoms with van der Waals surface area (Å²) in [6, 6.07) is 5.66. The van der Waals surface area contributed by atoms with Crippen molar-refractivity contribution >= 4 is 11.9 Å². The van der Waals surface area contributed by atoms with E-state index in [-0.39, 0.29) is 24.1 Å². The molecule has 0 bridgehead atoms. The molecule has 0 aliphatic carbocycles. The summed E-state index contributed by atoms with van der Waals surface area (Å²) in [5, 5.41) is 11.5. The number of carboxylic acid groups (broad SMARTS) is 1. The highest BCUT2D eigenvalue weighted by molar-refractivity contribution is 5.94.